The monoisotopic (exact) mass is 670 g/mol. The molecule has 2 amide bonds. The van der Waals surface area contributed by atoms with Gasteiger partial charge in [-0.25, -0.2) is 4.79 Å². The number of rotatable bonds is 10. The summed E-state index contributed by atoms with van der Waals surface area (Å²) in [5, 5.41) is 5.83. The first kappa shape index (κ1) is 36.6. The number of anilines is 1. The topological polar surface area (TPSA) is 67.9 Å². The maximum atomic E-state index is 13.9. The van der Waals surface area contributed by atoms with Crippen LogP contribution in [0, 0.1) is 5.41 Å². The van der Waals surface area contributed by atoms with Crippen molar-refractivity contribution in [2.45, 2.75) is 85.4 Å². The molecule has 3 aromatic rings. The number of nitrogens with zero attached hydrogens (tertiary/aromatic N) is 1. The molecular weight excluding hydrogens is 623 g/mol. The van der Waals surface area contributed by atoms with Crippen LogP contribution in [0.5, 0.6) is 0 Å². The Kier molecular flexibility index (Phi) is 12.0. The van der Waals surface area contributed by atoms with E-state index in [-0.39, 0.29) is 17.5 Å². The third-order valence-electron chi connectivity index (χ3n) is 7.47. The van der Waals surface area contributed by atoms with Gasteiger partial charge in [-0.1, -0.05) is 125 Å². The zero-order valence-corrected chi connectivity index (χ0v) is 30.6. The second-order valence-electron chi connectivity index (χ2n) is 14.4. The standard InChI is InChI=1S/C36H48Cl2N2O4Si/c1-34(2,3)31(32(41)39-26-21-22-29(37)30(38)25-26)40(33(42)44-35(4,5)6)23-16-24-43-45(36(7,8)9,27-17-12-10-13-18-27)28-19-14-11-15-20-28/h10-15,17-22,25,31H,16,23-24H2,1-9H3,(H,39,41). The molecule has 0 saturated heterocycles. The molecule has 3 rings (SSSR count). The Bertz CT molecular complexity index is 1390. The minimum atomic E-state index is -2.77. The SMILES string of the molecule is CC(C)(C)OC(=O)N(CCCO[Si](c1ccccc1)(c1ccccc1)C(C)(C)C)C(C(=O)Nc1ccc(Cl)c(Cl)c1)C(C)(C)C. The number of ether oxygens (including phenoxy) is 1. The maximum absolute atomic E-state index is 13.9. The number of amides is 2. The molecule has 0 heterocycles. The summed E-state index contributed by atoms with van der Waals surface area (Å²) < 4.78 is 12.9. The van der Waals surface area contributed by atoms with Crippen molar-refractivity contribution in [2.24, 2.45) is 5.41 Å². The Balaban J connectivity index is 1.95. The molecule has 9 heteroatoms. The summed E-state index contributed by atoms with van der Waals surface area (Å²) in [6.45, 7) is 18.6. The summed E-state index contributed by atoms with van der Waals surface area (Å²) in [4.78, 5) is 29.2. The fourth-order valence-electron chi connectivity index (χ4n) is 5.65. The van der Waals surface area contributed by atoms with Crippen molar-refractivity contribution in [3.8, 4) is 0 Å². The van der Waals surface area contributed by atoms with Gasteiger partial charge in [0.05, 0.1) is 10.0 Å². The Hall–Kier alpha value is -2.84. The highest BCUT2D eigenvalue weighted by atomic mass is 35.5. The highest BCUT2D eigenvalue weighted by molar-refractivity contribution is 6.99. The molecule has 0 aromatic heterocycles. The second-order valence-corrected chi connectivity index (χ2v) is 19.5. The van der Waals surface area contributed by atoms with Crippen LogP contribution in [0.25, 0.3) is 0 Å². The molecule has 0 bridgehead atoms. The fourth-order valence-corrected chi connectivity index (χ4v) is 10.6. The molecular formula is C36H48Cl2N2O4Si. The molecule has 0 saturated carbocycles. The van der Waals surface area contributed by atoms with Gasteiger partial charge in [-0.2, -0.15) is 0 Å². The van der Waals surface area contributed by atoms with Crippen molar-refractivity contribution in [3.05, 3.63) is 88.9 Å². The number of hydrogen-bond acceptors (Lipinski definition) is 4. The molecule has 1 atom stereocenters. The van der Waals surface area contributed by atoms with Crippen molar-refractivity contribution < 1.29 is 18.8 Å². The van der Waals surface area contributed by atoms with Crippen LogP contribution in [-0.4, -0.2) is 50.0 Å². The first-order valence-electron chi connectivity index (χ1n) is 15.4. The van der Waals surface area contributed by atoms with Gasteiger partial charge in [0.1, 0.15) is 11.6 Å². The van der Waals surface area contributed by atoms with E-state index in [1.54, 1.807) is 18.2 Å². The molecule has 6 nitrogen and oxygen atoms in total. The number of hydrogen-bond donors (Lipinski definition) is 1. The van der Waals surface area contributed by atoms with Crippen LogP contribution in [0.1, 0.15) is 68.7 Å². The molecule has 0 fully saturated rings. The number of carbonyl (C=O) groups is 2. The highest BCUT2D eigenvalue weighted by Gasteiger charge is 2.50. The van der Waals surface area contributed by atoms with Crippen molar-refractivity contribution in [3.63, 3.8) is 0 Å². The zero-order chi connectivity index (χ0) is 33.6. The van der Waals surface area contributed by atoms with Gasteiger partial charge in [0.25, 0.3) is 8.32 Å². The summed E-state index contributed by atoms with van der Waals surface area (Å²) in [5.74, 6) is -0.348. The third-order valence-corrected chi connectivity index (χ3v) is 13.3. The van der Waals surface area contributed by atoms with Crippen LogP contribution >= 0.6 is 23.2 Å². The van der Waals surface area contributed by atoms with E-state index in [0.29, 0.717) is 28.8 Å². The quantitative estimate of drug-likeness (QED) is 0.173. The van der Waals surface area contributed by atoms with E-state index in [4.69, 9.17) is 32.4 Å². The van der Waals surface area contributed by atoms with Crippen LogP contribution in [0.3, 0.4) is 0 Å². The molecule has 1 unspecified atom stereocenters. The lowest BCUT2D eigenvalue weighted by Crippen LogP contribution is -2.66. The predicted molar refractivity (Wildman–Crippen MR) is 189 cm³/mol. The lowest BCUT2D eigenvalue weighted by Gasteiger charge is -2.43. The molecule has 3 aromatic carbocycles. The van der Waals surface area contributed by atoms with Crippen LogP contribution in [0.2, 0.25) is 15.1 Å². The summed E-state index contributed by atoms with van der Waals surface area (Å²) in [7, 11) is -2.77. The van der Waals surface area contributed by atoms with E-state index >= 15 is 0 Å². The molecule has 0 aliphatic rings. The van der Waals surface area contributed by atoms with Crippen molar-refractivity contribution in [1.29, 1.82) is 0 Å². The zero-order valence-electron chi connectivity index (χ0n) is 28.0. The van der Waals surface area contributed by atoms with Crippen molar-refractivity contribution >= 4 is 59.6 Å². The van der Waals surface area contributed by atoms with Gasteiger partial charge in [-0.3, -0.25) is 9.69 Å². The van der Waals surface area contributed by atoms with Gasteiger partial charge in [0.2, 0.25) is 5.91 Å². The minimum Gasteiger partial charge on any atom is -0.444 e. The van der Waals surface area contributed by atoms with E-state index in [9.17, 15) is 9.59 Å². The van der Waals surface area contributed by atoms with E-state index in [2.05, 4.69) is 74.6 Å². The normalized spacial score (nSPS) is 13.2. The predicted octanol–water partition coefficient (Wildman–Crippen LogP) is 8.55. The number of benzene rings is 3. The van der Waals surface area contributed by atoms with Gasteiger partial charge >= 0.3 is 6.09 Å². The van der Waals surface area contributed by atoms with Gasteiger partial charge in [0, 0.05) is 18.8 Å². The molecule has 1 N–H and O–H groups in total. The van der Waals surface area contributed by atoms with Crippen molar-refractivity contribution in [2.75, 3.05) is 18.5 Å². The average Bonchev–Trinajstić information content (AvgIpc) is 2.93. The van der Waals surface area contributed by atoms with Gasteiger partial charge in [-0.15, -0.1) is 0 Å². The van der Waals surface area contributed by atoms with Gasteiger partial charge < -0.3 is 14.5 Å². The van der Waals surface area contributed by atoms with Gasteiger partial charge in [0.15, 0.2) is 0 Å². The summed E-state index contributed by atoms with van der Waals surface area (Å²) >= 11 is 12.3. The van der Waals surface area contributed by atoms with Crippen LogP contribution in [0.4, 0.5) is 10.5 Å². The number of halogens is 2. The number of nitrogens with one attached hydrogen (secondary N) is 1. The molecule has 45 heavy (non-hydrogen) atoms. The first-order chi connectivity index (χ1) is 20.9. The molecule has 244 valence electrons. The summed E-state index contributed by atoms with van der Waals surface area (Å²) in [5.41, 5.74) is -0.887. The van der Waals surface area contributed by atoms with Crippen LogP contribution < -0.4 is 15.7 Å². The van der Waals surface area contributed by atoms with E-state index < -0.39 is 31.5 Å². The van der Waals surface area contributed by atoms with E-state index in [1.807, 2.05) is 53.7 Å². The smallest absolute Gasteiger partial charge is 0.410 e. The van der Waals surface area contributed by atoms with Crippen LogP contribution in [0.15, 0.2) is 78.9 Å². The number of carbonyl (C=O) groups excluding carboxylic acids is 2. The summed E-state index contributed by atoms with van der Waals surface area (Å²) in [6.07, 6.45) is -0.0618. The lowest BCUT2D eigenvalue weighted by atomic mass is 9.85. The van der Waals surface area contributed by atoms with E-state index in [0.717, 1.165) is 0 Å². The Morgan fingerprint density at radius 2 is 1.33 bits per heavy atom. The van der Waals surface area contributed by atoms with Gasteiger partial charge in [-0.05, 0) is 66.2 Å². The fraction of sp³-hybridized carbons (Fsp3) is 0.444. The molecule has 0 radical (unpaired) electrons. The van der Waals surface area contributed by atoms with Crippen molar-refractivity contribution in [1.82, 2.24) is 4.90 Å². The Morgan fingerprint density at radius 3 is 1.78 bits per heavy atom. The average molecular weight is 672 g/mol. The Morgan fingerprint density at radius 1 is 0.800 bits per heavy atom. The third kappa shape index (κ3) is 9.35. The highest BCUT2D eigenvalue weighted by Crippen LogP contribution is 2.37. The maximum Gasteiger partial charge on any atom is 0.410 e. The minimum absolute atomic E-state index is 0.186. The van der Waals surface area contributed by atoms with Crippen LogP contribution in [-0.2, 0) is 14.0 Å². The molecule has 0 aliphatic heterocycles. The second kappa shape index (κ2) is 14.7. The summed E-state index contributed by atoms with van der Waals surface area (Å²) in [6, 6.07) is 24.9. The lowest BCUT2D eigenvalue weighted by molar-refractivity contribution is -0.125. The first-order valence-corrected chi connectivity index (χ1v) is 18.0. The Labute approximate surface area is 280 Å². The molecule has 0 spiro atoms. The molecule has 0 aliphatic carbocycles. The largest absolute Gasteiger partial charge is 0.444 e. The van der Waals surface area contributed by atoms with E-state index in [1.165, 1.54) is 15.3 Å².